The second-order valence-electron chi connectivity index (χ2n) is 3.55. The summed E-state index contributed by atoms with van der Waals surface area (Å²) in [4.78, 5) is 10.2. The molecule has 0 bridgehead atoms. The summed E-state index contributed by atoms with van der Waals surface area (Å²) in [5, 5.41) is 4.23. The van der Waals surface area contributed by atoms with Gasteiger partial charge in [-0.2, -0.15) is 5.10 Å². The van der Waals surface area contributed by atoms with E-state index in [-0.39, 0.29) is 0 Å². The average Bonchev–Trinajstić information content (AvgIpc) is 2.75. The third-order valence-electron chi connectivity index (χ3n) is 2.24. The number of benzene rings is 1. The van der Waals surface area contributed by atoms with Crippen LogP contribution in [0.1, 0.15) is 11.1 Å². The molecule has 1 aromatic carbocycles. The standard InChI is InChI=1S/C13H12N2O/c1-11-4-2-6-13(8-11)15-10-12(9-14-15)5-3-7-16/h2-10H,1H3. The van der Waals surface area contributed by atoms with Gasteiger partial charge in [0.2, 0.25) is 0 Å². The van der Waals surface area contributed by atoms with Gasteiger partial charge in [0.1, 0.15) is 6.29 Å². The van der Waals surface area contributed by atoms with Crippen molar-refractivity contribution in [1.82, 2.24) is 9.78 Å². The minimum absolute atomic E-state index is 0.754. The maximum Gasteiger partial charge on any atom is 0.142 e. The first-order valence-electron chi connectivity index (χ1n) is 5.03. The van der Waals surface area contributed by atoms with Crippen molar-refractivity contribution >= 4 is 12.4 Å². The van der Waals surface area contributed by atoms with Gasteiger partial charge < -0.3 is 0 Å². The van der Waals surface area contributed by atoms with Crippen LogP contribution < -0.4 is 0 Å². The van der Waals surface area contributed by atoms with E-state index < -0.39 is 0 Å². The lowest BCUT2D eigenvalue weighted by atomic mass is 10.2. The minimum Gasteiger partial charge on any atom is -0.299 e. The van der Waals surface area contributed by atoms with E-state index >= 15 is 0 Å². The SMILES string of the molecule is Cc1cccc(-n2cc(C=CC=O)cn2)c1. The number of rotatable bonds is 3. The Hall–Kier alpha value is -2.16. The lowest BCUT2D eigenvalue weighted by Crippen LogP contribution is -1.93. The second-order valence-corrected chi connectivity index (χ2v) is 3.55. The Morgan fingerprint density at radius 3 is 3.00 bits per heavy atom. The first-order chi connectivity index (χ1) is 7.79. The number of aldehydes is 1. The van der Waals surface area contributed by atoms with Crippen LogP contribution in [-0.2, 0) is 4.79 Å². The van der Waals surface area contributed by atoms with Gasteiger partial charge in [-0.3, -0.25) is 4.79 Å². The van der Waals surface area contributed by atoms with Crippen LogP contribution in [0.2, 0.25) is 0 Å². The molecule has 3 heteroatoms. The average molecular weight is 212 g/mol. The van der Waals surface area contributed by atoms with Crippen molar-refractivity contribution < 1.29 is 4.79 Å². The number of allylic oxidation sites excluding steroid dienone is 1. The van der Waals surface area contributed by atoms with Crippen molar-refractivity contribution in [2.45, 2.75) is 6.92 Å². The van der Waals surface area contributed by atoms with Crippen molar-refractivity contribution in [3.8, 4) is 5.69 Å². The molecule has 0 aliphatic rings. The summed E-state index contributed by atoms with van der Waals surface area (Å²) in [6.07, 6.45) is 7.55. The molecule has 2 aromatic rings. The van der Waals surface area contributed by atoms with E-state index in [9.17, 15) is 4.79 Å². The molecule has 2 rings (SSSR count). The van der Waals surface area contributed by atoms with Gasteiger partial charge in [-0.1, -0.05) is 12.1 Å². The predicted molar refractivity (Wildman–Crippen MR) is 63.4 cm³/mol. The van der Waals surface area contributed by atoms with E-state index in [2.05, 4.69) is 11.2 Å². The van der Waals surface area contributed by atoms with Gasteiger partial charge >= 0.3 is 0 Å². The van der Waals surface area contributed by atoms with Gasteiger partial charge in [-0.15, -0.1) is 0 Å². The number of aromatic nitrogens is 2. The topological polar surface area (TPSA) is 34.9 Å². The molecule has 0 saturated heterocycles. The molecule has 0 atom stereocenters. The molecular weight excluding hydrogens is 200 g/mol. The molecule has 0 amide bonds. The molecule has 3 nitrogen and oxygen atoms in total. The number of hydrogen-bond acceptors (Lipinski definition) is 2. The molecule has 0 unspecified atom stereocenters. The highest BCUT2D eigenvalue weighted by molar-refractivity contribution is 5.73. The van der Waals surface area contributed by atoms with Gasteiger partial charge in [0.15, 0.2) is 0 Å². The van der Waals surface area contributed by atoms with E-state index in [4.69, 9.17) is 0 Å². The molecule has 0 fully saturated rings. The fourth-order valence-corrected chi connectivity index (χ4v) is 1.48. The fourth-order valence-electron chi connectivity index (χ4n) is 1.48. The zero-order valence-corrected chi connectivity index (χ0v) is 9.00. The van der Waals surface area contributed by atoms with Crippen LogP contribution in [0, 0.1) is 6.92 Å². The van der Waals surface area contributed by atoms with Gasteiger partial charge in [0, 0.05) is 11.8 Å². The highest BCUT2D eigenvalue weighted by Crippen LogP contribution is 2.10. The molecule has 0 aliphatic carbocycles. The number of nitrogens with zero attached hydrogens (tertiary/aromatic N) is 2. The molecule has 16 heavy (non-hydrogen) atoms. The Morgan fingerprint density at radius 2 is 2.25 bits per heavy atom. The fraction of sp³-hybridized carbons (Fsp3) is 0.0769. The van der Waals surface area contributed by atoms with Crippen LogP contribution in [0.15, 0.2) is 42.7 Å². The quantitative estimate of drug-likeness (QED) is 0.578. The third-order valence-corrected chi connectivity index (χ3v) is 2.24. The van der Waals surface area contributed by atoms with Crippen molar-refractivity contribution in [1.29, 1.82) is 0 Å². The van der Waals surface area contributed by atoms with Gasteiger partial charge in [0.05, 0.1) is 11.9 Å². The van der Waals surface area contributed by atoms with Crippen LogP contribution in [0.5, 0.6) is 0 Å². The highest BCUT2D eigenvalue weighted by Gasteiger charge is 1.98. The molecular formula is C13H12N2O. The zero-order chi connectivity index (χ0) is 11.4. The molecule has 1 heterocycles. The summed E-state index contributed by atoms with van der Waals surface area (Å²) in [5.41, 5.74) is 3.12. The molecule has 80 valence electrons. The summed E-state index contributed by atoms with van der Waals surface area (Å²) in [6, 6.07) is 8.08. The van der Waals surface area contributed by atoms with Crippen LogP contribution in [0.4, 0.5) is 0 Å². The van der Waals surface area contributed by atoms with Crippen LogP contribution in [0.25, 0.3) is 11.8 Å². The molecule has 0 saturated carbocycles. The number of carbonyl (C=O) groups excluding carboxylic acids is 1. The monoisotopic (exact) mass is 212 g/mol. The normalized spacial score (nSPS) is 10.8. The maximum atomic E-state index is 10.2. The smallest absolute Gasteiger partial charge is 0.142 e. The van der Waals surface area contributed by atoms with E-state index in [1.54, 1.807) is 17.0 Å². The minimum atomic E-state index is 0.754. The summed E-state index contributed by atoms with van der Waals surface area (Å²) >= 11 is 0. The number of carbonyl (C=O) groups is 1. The first kappa shape index (κ1) is 10.4. The molecule has 0 aliphatic heterocycles. The number of hydrogen-bond donors (Lipinski definition) is 0. The molecule has 0 N–H and O–H groups in total. The van der Waals surface area contributed by atoms with Gasteiger partial charge in [0.25, 0.3) is 0 Å². The zero-order valence-electron chi connectivity index (χ0n) is 9.00. The van der Waals surface area contributed by atoms with Crippen LogP contribution in [0.3, 0.4) is 0 Å². The summed E-state index contributed by atoms with van der Waals surface area (Å²) in [6.45, 7) is 2.04. The highest BCUT2D eigenvalue weighted by atomic mass is 16.1. The van der Waals surface area contributed by atoms with Crippen molar-refractivity contribution in [3.05, 3.63) is 53.9 Å². The molecule has 0 radical (unpaired) electrons. The summed E-state index contributed by atoms with van der Waals surface area (Å²) in [5.74, 6) is 0. The van der Waals surface area contributed by atoms with E-state index in [0.717, 1.165) is 17.5 Å². The third kappa shape index (κ3) is 2.25. The van der Waals surface area contributed by atoms with E-state index in [0.29, 0.717) is 0 Å². The Morgan fingerprint density at radius 1 is 1.38 bits per heavy atom. The van der Waals surface area contributed by atoms with Gasteiger partial charge in [-0.25, -0.2) is 4.68 Å². The maximum absolute atomic E-state index is 10.2. The summed E-state index contributed by atoms with van der Waals surface area (Å²) < 4.78 is 1.79. The van der Waals surface area contributed by atoms with Crippen molar-refractivity contribution in [3.63, 3.8) is 0 Å². The van der Waals surface area contributed by atoms with Gasteiger partial charge in [-0.05, 0) is 36.8 Å². The lowest BCUT2D eigenvalue weighted by molar-refractivity contribution is -0.104. The summed E-state index contributed by atoms with van der Waals surface area (Å²) in [7, 11) is 0. The van der Waals surface area contributed by atoms with Crippen LogP contribution in [-0.4, -0.2) is 16.1 Å². The Balaban J connectivity index is 2.31. The second kappa shape index (κ2) is 4.57. The Kier molecular flexibility index (Phi) is 2.96. The lowest BCUT2D eigenvalue weighted by Gasteiger charge is -2.01. The number of aryl methyl sites for hydroxylation is 1. The van der Waals surface area contributed by atoms with Crippen molar-refractivity contribution in [2.24, 2.45) is 0 Å². The molecule has 0 spiro atoms. The van der Waals surface area contributed by atoms with Crippen molar-refractivity contribution in [2.75, 3.05) is 0 Å². The molecule has 1 aromatic heterocycles. The predicted octanol–water partition coefficient (Wildman–Crippen LogP) is 2.39. The Labute approximate surface area is 94.0 Å². The van der Waals surface area contributed by atoms with E-state index in [1.165, 1.54) is 11.6 Å². The largest absolute Gasteiger partial charge is 0.299 e. The Bertz CT molecular complexity index is 526. The van der Waals surface area contributed by atoms with E-state index in [1.807, 2.05) is 31.3 Å². The van der Waals surface area contributed by atoms with Crippen LogP contribution >= 0.6 is 0 Å². The first-order valence-corrected chi connectivity index (χ1v) is 5.03.